The molecule has 1 aromatic heterocycles. The van der Waals surface area contributed by atoms with Crippen LogP contribution >= 0.6 is 0 Å². The van der Waals surface area contributed by atoms with Gasteiger partial charge >= 0.3 is 5.97 Å². The van der Waals surface area contributed by atoms with E-state index in [1.165, 1.54) is 11.0 Å². The minimum atomic E-state index is -1.22. The Bertz CT molecular complexity index is 841. The van der Waals surface area contributed by atoms with Crippen molar-refractivity contribution in [2.75, 3.05) is 0 Å². The maximum Gasteiger partial charge on any atom is 0.375 e. The zero-order valence-electron chi connectivity index (χ0n) is 11.4. The summed E-state index contributed by atoms with van der Waals surface area (Å²) in [6.07, 6.45) is 1.28. The van der Waals surface area contributed by atoms with Gasteiger partial charge in [0.15, 0.2) is 5.78 Å². The van der Waals surface area contributed by atoms with Gasteiger partial charge in [0, 0.05) is 11.1 Å². The number of ketones is 1. The van der Waals surface area contributed by atoms with E-state index in [0.717, 1.165) is 0 Å². The number of benzene rings is 2. The second kappa shape index (κ2) is 5.61. The van der Waals surface area contributed by atoms with Gasteiger partial charge in [-0.3, -0.25) is 4.79 Å². The Balaban J connectivity index is 2.06. The van der Waals surface area contributed by atoms with E-state index in [-0.39, 0.29) is 11.6 Å². The molecule has 3 rings (SSSR count). The molecule has 0 radical (unpaired) electrons. The van der Waals surface area contributed by atoms with Gasteiger partial charge in [-0.1, -0.05) is 42.5 Å². The molecule has 6 nitrogen and oxygen atoms in total. The van der Waals surface area contributed by atoms with Crippen molar-refractivity contribution in [3.8, 4) is 5.69 Å². The molecule has 1 N–H and O–H groups in total. The Hall–Kier alpha value is -3.28. The zero-order valence-corrected chi connectivity index (χ0v) is 11.4. The summed E-state index contributed by atoms with van der Waals surface area (Å²) in [5, 5.41) is 12.8. The number of carbonyl (C=O) groups is 2. The molecule has 0 bridgehead atoms. The van der Waals surface area contributed by atoms with E-state index in [2.05, 4.69) is 10.1 Å². The topological polar surface area (TPSA) is 85.1 Å². The number of para-hydroxylation sites is 1. The lowest BCUT2D eigenvalue weighted by Crippen LogP contribution is -2.08. The molecular weight excluding hydrogens is 282 g/mol. The van der Waals surface area contributed by atoms with Gasteiger partial charge in [-0.25, -0.2) is 14.5 Å². The number of hydrogen-bond donors (Lipinski definition) is 1. The van der Waals surface area contributed by atoms with Crippen LogP contribution in [0.1, 0.15) is 26.5 Å². The third-order valence-corrected chi connectivity index (χ3v) is 3.11. The molecule has 0 saturated carbocycles. The molecule has 1 heterocycles. The monoisotopic (exact) mass is 293 g/mol. The number of hydrogen-bond acceptors (Lipinski definition) is 4. The molecule has 0 atom stereocenters. The lowest BCUT2D eigenvalue weighted by atomic mass is 10.0. The van der Waals surface area contributed by atoms with Gasteiger partial charge in [0.25, 0.3) is 5.82 Å². The van der Waals surface area contributed by atoms with E-state index in [4.69, 9.17) is 5.11 Å². The molecule has 0 amide bonds. The summed E-state index contributed by atoms with van der Waals surface area (Å²) in [5.74, 6) is -1.70. The Morgan fingerprint density at radius 1 is 0.955 bits per heavy atom. The SMILES string of the molecule is O=C(O)c1ncn(-c2ccccc2C(=O)c2ccccc2)n1. The van der Waals surface area contributed by atoms with Crippen molar-refractivity contribution in [2.45, 2.75) is 0 Å². The van der Waals surface area contributed by atoms with Crippen molar-refractivity contribution in [3.05, 3.63) is 77.9 Å². The van der Waals surface area contributed by atoms with Crippen LogP contribution in [0, 0.1) is 0 Å². The minimum Gasteiger partial charge on any atom is -0.475 e. The fourth-order valence-electron chi connectivity index (χ4n) is 2.09. The van der Waals surface area contributed by atoms with Gasteiger partial charge in [0.1, 0.15) is 6.33 Å². The van der Waals surface area contributed by atoms with Crippen molar-refractivity contribution in [3.63, 3.8) is 0 Å². The van der Waals surface area contributed by atoms with Crippen molar-refractivity contribution in [2.24, 2.45) is 0 Å². The molecule has 22 heavy (non-hydrogen) atoms. The lowest BCUT2D eigenvalue weighted by Gasteiger charge is -2.08. The lowest BCUT2D eigenvalue weighted by molar-refractivity contribution is 0.0683. The van der Waals surface area contributed by atoms with Crippen molar-refractivity contribution in [1.82, 2.24) is 14.8 Å². The summed E-state index contributed by atoms with van der Waals surface area (Å²) in [6, 6.07) is 15.7. The third-order valence-electron chi connectivity index (χ3n) is 3.11. The maximum atomic E-state index is 12.6. The molecule has 0 unspecified atom stereocenters. The van der Waals surface area contributed by atoms with Gasteiger partial charge in [-0.2, -0.15) is 0 Å². The highest BCUT2D eigenvalue weighted by atomic mass is 16.4. The normalized spacial score (nSPS) is 10.4. The van der Waals surface area contributed by atoms with Crippen molar-refractivity contribution >= 4 is 11.8 Å². The van der Waals surface area contributed by atoms with Crippen LogP contribution < -0.4 is 0 Å². The van der Waals surface area contributed by atoms with Crippen LogP contribution in [0.25, 0.3) is 5.69 Å². The number of aromatic carboxylic acids is 1. The predicted molar refractivity (Wildman–Crippen MR) is 78.2 cm³/mol. The molecule has 0 fully saturated rings. The molecule has 0 spiro atoms. The predicted octanol–water partition coefficient (Wildman–Crippen LogP) is 2.20. The van der Waals surface area contributed by atoms with Crippen LogP contribution in [0.3, 0.4) is 0 Å². The minimum absolute atomic E-state index is 0.163. The first kappa shape index (κ1) is 13.7. The Kier molecular flexibility index (Phi) is 3.49. The number of carboxylic acid groups (broad SMARTS) is 1. The fraction of sp³-hybridized carbons (Fsp3) is 0. The number of rotatable bonds is 4. The van der Waals surface area contributed by atoms with Crippen LogP contribution in [0.5, 0.6) is 0 Å². The first-order valence-corrected chi connectivity index (χ1v) is 6.51. The van der Waals surface area contributed by atoms with E-state index in [1.807, 2.05) is 6.07 Å². The van der Waals surface area contributed by atoms with Crippen LogP contribution in [0.2, 0.25) is 0 Å². The molecule has 6 heteroatoms. The first-order valence-electron chi connectivity index (χ1n) is 6.51. The maximum absolute atomic E-state index is 12.6. The average molecular weight is 293 g/mol. The largest absolute Gasteiger partial charge is 0.475 e. The van der Waals surface area contributed by atoms with Gasteiger partial charge < -0.3 is 5.11 Å². The molecule has 108 valence electrons. The van der Waals surface area contributed by atoms with Crippen LogP contribution in [-0.4, -0.2) is 31.6 Å². The third kappa shape index (κ3) is 2.49. The highest BCUT2D eigenvalue weighted by Gasteiger charge is 2.16. The molecule has 0 aliphatic heterocycles. The van der Waals surface area contributed by atoms with E-state index < -0.39 is 5.97 Å². The van der Waals surface area contributed by atoms with Gasteiger partial charge in [0.05, 0.1) is 5.69 Å². The molecule has 3 aromatic rings. The standard InChI is InChI=1S/C16H11N3O3/c20-14(11-6-2-1-3-7-11)12-8-4-5-9-13(12)19-10-17-15(18-19)16(21)22/h1-10H,(H,21,22). The summed E-state index contributed by atoms with van der Waals surface area (Å²) in [4.78, 5) is 27.2. The zero-order chi connectivity index (χ0) is 15.5. The fourth-order valence-corrected chi connectivity index (χ4v) is 2.09. The van der Waals surface area contributed by atoms with E-state index in [0.29, 0.717) is 16.8 Å². The van der Waals surface area contributed by atoms with Crippen LogP contribution in [0.15, 0.2) is 60.9 Å². The second-order valence-electron chi connectivity index (χ2n) is 4.53. The molecule has 0 saturated heterocycles. The number of aromatic nitrogens is 3. The smallest absolute Gasteiger partial charge is 0.375 e. The first-order chi connectivity index (χ1) is 10.7. The van der Waals surface area contributed by atoms with Crippen LogP contribution in [-0.2, 0) is 0 Å². The Labute approximate surface area is 125 Å². The van der Waals surface area contributed by atoms with E-state index in [9.17, 15) is 9.59 Å². The molecule has 2 aromatic carbocycles. The molecule has 0 aliphatic carbocycles. The molecule has 0 aliphatic rings. The Morgan fingerprint density at radius 2 is 1.64 bits per heavy atom. The highest BCUT2D eigenvalue weighted by molar-refractivity contribution is 6.11. The van der Waals surface area contributed by atoms with Crippen molar-refractivity contribution in [1.29, 1.82) is 0 Å². The van der Waals surface area contributed by atoms with Crippen molar-refractivity contribution < 1.29 is 14.7 Å². The van der Waals surface area contributed by atoms with Crippen LogP contribution in [0.4, 0.5) is 0 Å². The number of carbonyl (C=O) groups excluding carboxylic acids is 1. The summed E-state index contributed by atoms with van der Waals surface area (Å²) >= 11 is 0. The number of nitrogens with zero attached hydrogens (tertiary/aromatic N) is 3. The van der Waals surface area contributed by atoms with Gasteiger partial charge in [-0.15, -0.1) is 5.10 Å². The van der Waals surface area contributed by atoms with Gasteiger partial charge in [-0.05, 0) is 12.1 Å². The summed E-state index contributed by atoms with van der Waals surface area (Å²) in [5.41, 5.74) is 1.46. The van der Waals surface area contributed by atoms with E-state index in [1.54, 1.807) is 48.5 Å². The molecular formula is C16H11N3O3. The second-order valence-corrected chi connectivity index (χ2v) is 4.53. The average Bonchev–Trinajstić information content (AvgIpc) is 3.05. The van der Waals surface area contributed by atoms with Gasteiger partial charge in [0.2, 0.25) is 0 Å². The summed E-state index contributed by atoms with van der Waals surface area (Å²) < 4.78 is 1.29. The number of carboxylic acids is 1. The summed E-state index contributed by atoms with van der Waals surface area (Å²) in [6.45, 7) is 0. The summed E-state index contributed by atoms with van der Waals surface area (Å²) in [7, 11) is 0. The highest BCUT2D eigenvalue weighted by Crippen LogP contribution is 2.17. The quantitative estimate of drug-likeness (QED) is 0.745. The Morgan fingerprint density at radius 3 is 2.32 bits per heavy atom. The van der Waals surface area contributed by atoms with E-state index >= 15 is 0 Å².